The van der Waals surface area contributed by atoms with Crippen molar-refractivity contribution in [1.29, 1.82) is 0 Å². The van der Waals surface area contributed by atoms with Crippen LogP contribution in [0.1, 0.15) is 25.7 Å². The predicted molar refractivity (Wildman–Crippen MR) is 79.7 cm³/mol. The number of allylic oxidation sites excluding steroid dienone is 2. The molecule has 3 unspecified atom stereocenters. The van der Waals surface area contributed by atoms with Gasteiger partial charge in [-0.05, 0) is 31.6 Å². The smallest absolute Gasteiger partial charge is 0.336 e. The van der Waals surface area contributed by atoms with Gasteiger partial charge >= 0.3 is 5.97 Å². The lowest BCUT2D eigenvalue weighted by molar-refractivity contribution is -0.198. The van der Waals surface area contributed by atoms with Crippen LogP contribution in [-0.4, -0.2) is 29.4 Å². The number of esters is 1. The van der Waals surface area contributed by atoms with Crippen LogP contribution in [0.3, 0.4) is 0 Å². The highest BCUT2D eigenvalue weighted by Gasteiger charge is 2.71. The molecular weight excluding hydrogens is 290 g/mol. The fraction of sp³-hybridized carbons (Fsp3) is 0.625. The maximum absolute atomic E-state index is 12.2. The highest BCUT2D eigenvalue weighted by atomic mass is 35.5. The van der Waals surface area contributed by atoms with E-state index < -0.39 is 11.6 Å². The van der Waals surface area contributed by atoms with Crippen LogP contribution in [0.2, 0.25) is 0 Å². The van der Waals surface area contributed by atoms with Crippen LogP contribution >= 0.6 is 11.6 Å². The Hall–Kier alpha value is -1.29. The minimum Gasteiger partial charge on any atom is -0.456 e. The first-order valence-corrected chi connectivity index (χ1v) is 8.07. The van der Waals surface area contributed by atoms with Gasteiger partial charge in [0.05, 0.1) is 5.92 Å². The summed E-state index contributed by atoms with van der Waals surface area (Å²) < 4.78 is 5.32. The van der Waals surface area contributed by atoms with E-state index >= 15 is 0 Å². The first kappa shape index (κ1) is 14.6. The van der Waals surface area contributed by atoms with Gasteiger partial charge in [-0.1, -0.05) is 18.2 Å². The molecule has 3 rings (SSSR count). The zero-order valence-corrected chi connectivity index (χ0v) is 12.6. The van der Waals surface area contributed by atoms with Gasteiger partial charge in [0.2, 0.25) is 5.91 Å². The van der Waals surface area contributed by atoms with E-state index in [-0.39, 0.29) is 29.6 Å². The quantitative estimate of drug-likeness (QED) is 0.481. The van der Waals surface area contributed by atoms with Gasteiger partial charge in [-0.2, -0.15) is 0 Å². The Morgan fingerprint density at radius 2 is 2.38 bits per heavy atom. The number of carbonyl (C=O) groups is 2. The van der Waals surface area contributed by atoms with Gasteiger partial charge in [-0.25, -0.2) is 4.79 Å². The molecular formula is C16H20ClNO3. The zero-order valence-electron chi connectivity index (χ0n) is 11.9. The molecule has 5 heteroatoms. The molecule has 0 radical (unpaired) electrons. The second-order valence-corrected chi connectivity index (χ2v) is 6.43. The van der Waals surface area contributed by atoms with Gasteiger partial charge < -0.3 is 10.1 Å². The van der Waals surface area contributed by atoms with E-state index in [1.807, 2.05) is 0 Å². The molecule has 0 aromatic heterocycles. The Bertz CT molecular complexity index is 504. The van der Waals surface area contributed by atoms with E-state index in [4.69, 9.17) is 16.3 Å². The Balaban J connectivity index is 1.92. The van der Waals surface area contributed by atoms with E-state index in [9.17, 15) is 9.59 Å². The fourth-order valence-electron chi connectivity index (χ4n) is 3.96. The molecule has 2 aliphatic heterocycles. The minimum absolute atomic E-state index is 0.121. The normalized spacial score (nSPS) is 39.0. The minimum atomic E-state index is -0.929. The second kappa shape index (κ2) is 5.48. The number of nitrogens with one attached hydrogen (secondary N) is 1. The first-order chi connectivity index (χ1) is 10.1. The third-order valence-electron chi connectivity index (χ3n) is 5.01. The molecule has 5 atom stereocenters. The first-order valence-electron chi connectivity index (χ1n) is 7.53. The summed E-state index contributed by atoms with van der Waals surface area (Å²) in [6.45, 7) is 3.91. The molecule has 21 heavy (non-hydrogen) atoms. The Morgan fingerprint density at radius 3 is 2.95 bits per heavy atom. The summed E-state index contributed by atoms with van der Waals surface area (Å²) in [5, 5.41) is 2.92. The summed E-state index contributed by atoms with van der Waals surface area (Å²) in [7, 11) is 0. The van der Waals surface area contributed by atoms with Crippen LogP contribution in [-0.2, 0) is 14.3 Å². The maximum atomic E-state index is 12.2. The highest BCUT2D eigenvalue weighted by Crippen LogP contribution is 2.48. The summed E-state index contributed by atoms with van der Waals surface area (Å²) in [6.07, 6.45) is 9.39. The van der Waals surface area contributed by atoms with Gasteiger partial charge in [0, 0.05) is 11.8 Å². The van der Waals surface area contributed by atoms with E-state index in [0.29, 0.717) is 12.3 Å². The van der Waals surface area contributed by atoms with Crippen molar-refractivity contribution in [2.45, 2.75) is 37.3 Å². The number of carbonyl (C=O) groups excluding carboxylic acids is 2. The number of alkyl halides is 1. The number of halogens is 1. The SMILES string of the molecule is C=C[C@@H](C1C=CCCC1)C12NC(=O)[C@H](CCCl)C1OC2=O. The van der Waals surface area contributed by atoms with Crippen LogP contribution in [0.15, 0.2) is 24.8 Å². The van der Waals surface area contributed by atoms with Crippen LogP contribution in [0.5, 0.6) is 0 Å². The van der Waals surface area contributed by atoms with Crippen LogP contribution in [0.25, 0.3) is 0 Å². The van der Waals surface area contributed by atoms with Crippen molar-refractivity contribution in [3.63, 3.8) is 0 Å². The average molecular weight is 310 g/mol. The van der Waals surface area contributed by atoms with E-state index in [1.165, 1.54) is 0 Å². The molecule has 1 N–H and O–H groups in total. The number of ether oxygens (including phenoxy) is 1. The Kier molecular flexibility index (Phi) is 3.82. The predicted octanol–water partition coefficient (Wildman–Crippen LogP) is 2.18. The number of fused-ring (bicyclic) bond motifs is 1. The Morgan fingerprint density at radius 1 is 1.57 bits per heavy atom. The second-order valence-electron chi connectivity index (χ2n) is 6.05. The molecule has 4 nitrogen and oxygen atoms in total. The van der Waals surface area contributed by atoms with Gasteiger partial charge in [0.25, 0.3) is 0 Å². The van der Waals surface area contributed by atoms with Crippen molar-refractivity contribution < 1.29 is 14.3 Å². The monoisotopic (exact) mass is 309 g/mol. The Labute approximate surface area is 129 Å². The third-order valence-corrected chi connectivity index (χ3v) is 5.22. The molecule has 0 bridgehead atoms. The van der Waals surface area contributed by atoms with Crippen molar-refractivity contribution in [3.05, 3.63) is 24.8 Å². The van der Waals surface area contributed by atoms with Crippen molar-refractivity contribution in [3.8, 4) is 0 Å². The lowest BCUT2D eigenvalue weighted by atomic mass is 9.67. The summed E-state index contributed by atoms with van der Waals surface area (Å²) >= 11 is 5.78. The van der Waals surface area contributed by atoms with Crippen LogP contribution in [0.4, 0.5) is 0 Å². The molecule has 0 aromatic rings. The van der Waals surface area contributed by atoms with E-state index in [1.54, 1.807) is 6.08 Å². The molecule has 1 aliphatic carbocycles. The van der Waals surface area contributed by atoms with Crippen molar-refractivity contribution in [1.82, 2.24) is 5.32 Å². The number of hydrogen-bond acceptors (Lipinski definition) is 3. The van der Waals surface area contributed by atoms with Crippen molar-refractivity contribution >= 4 is 23.5 Å². The summed E-state index contributed by atoms with van der Waals surface area (Å²) in [5.41, 5.74) is -0.929. The molecule has 2 saturated heterocycles. The van der Waals surface area contributed by atoms with Crippen LogP contribution < -0.4 is 5.32 Å². The lowest BCUT2D eigenvalue weighted by Gasteiger charge is -2.48. The number of rotatable bonds is 5. The van der Waals surface area contributed by atoms with Crippen molar-refractivity contribution in [2.24, 2.45) is 17.8 Å². The summed E-state index contributed by atoms with van der Waals surface area (Å²) in [6, 6.07) is 0. The van der Waals surface area contributed by atoms with E-state index in [2.05, 4.69) is 24.0 Å². The average Bonchev–Trinajstić information content (AvgIpc) is 2.71. The fourth-order valence-corrected chi connectivity index (χ4v) is 4.20. The lowest BCUT2D eigenvalue weighted by Crippen LogP contribution is -2.71. The molecule has 0 aromatic carbocycles. The maximum Gasteiger partial charge on any atom is 0.336 e. The molecule has 3 aliphatic rings. The van der Waals surface area contributed by atoms with Gasteiger partial charge in [0.1, 0.15) is 6.10 Å². The molecule has 2 heterocycles. The number of hydrogen-bond donors (Lipinski definition) is 1. The van der Waals surface area contributed by atoms with Gasteiger partial charge in [0.15, 0.2) is 5.54 Å². The third kappa shape index (κ3) is 2.03. The molecule has 2 fully saturated rings. The van der Waals surface area contributed by atoms with E-state index in [0.717, 1.165) is 19.3 Å². The number of amides is 1. The summed E-state index contributed by atoms with van der Waals surface area (Å²) in [5.74, 6) is -0.314. The topological polar surface area (TPSA) is 55.4 Å². The van der Waals surface area contributed by atoms with Crippen molar-refractivity contribution in [2.75, 3.05) is 5.88 Å². The largest absolute Gasteiger partial charge is 0.456 e. The standard InChI is InChI=1S/C16H20ClNO3/c1-2-12(10-6-4-3-5-7-10)16-13(21-15(16)20)11(8-9-17)14(19)18-16/h2,4,6,10-13H,1,3,5,7-9H2,(H,18,19)/t10?,11-,12+,13?,16?/m1/s1. The van der Waals surface area contributed by atoms with Crippen LogP contribution in [0, 0.1) is 17.8 Å². The molecule has 1 amide bonds. The highest BCUT2D eigenvalue weighted by molar-refractivity contribution is 6.18. The molecule has 0 spiro atoms. The zero-order chi connectivity index (χ0) is 15.0. The molecule has 0 saturated carbocycles. The van der Waals surface area contributed by atoms with Gasteiger partial charge in [-0.15, -0.1) is 18.2 Å². The molecule has 114 valence electrons. The summed E-state index contributed by atoms with van der Waals surface area (Å²) in [4.78, 5) is 24.5. The van der Waals surface area contributed by atoms with Gasteiger partial charge in [-0.3, -0.25) is 4.79 Å².